The van der Waals surface area contributed by atoms with E-state index in [0.29, 0.717) is 0 Å². The summed E-state index contributed by atoms with van der Waals surface area (Å²) in [5.41, 5.74) is -0.0185. The Morgan fingerprint density at radius 3 is 2.40 bits per heavy atom. The molecule has 58 valence electrons. The van der Waals surface area contributed by atoms with Crippen molar-refractivity contribution in [2.45, 2.75) is 12.6 Å². The minimum absolute atomic E-state index is 0.0185. The Bertz CT molecular complexity index is 146. The largest absolute Gasteiger partial charge is 0.393 e. The predicted molar refractivity (Wildman–Crippen MR) is 34.2 cm³/mol. The third-order valence-corrected chi connectivity index (χ3v) is 0.739. The molecule has 0 radical (unpaired) electrons. The van der Waals surface area contributed by atoms with E-state index >= 15 is 0 Å². The molecule has 0 atom stereocenters. The van der Waals surface area contributed by atoms with Gasteiger partial charge in [0.2, 0.25) is 0 Å². The van der Waals surface area contributed by atoms with Gasteiger partial charge in [-0.25, -0.2) is 0 Å². The second-order valence-corrected chi connectivity index (χ2v) is 1.84. The number of halogens is 3. The molecule has 0 aromatic carbocycles. The van der Waals surface area contributed by atoms with Crippen molar-refractivity contribution in [2.24, 2.45) is 4.99 Å². The van der Waals surface area contributed by atoms with Gasteiger partial charge in [-0.1, -0.05) is 6.58 Å². The summed E-state index contributed by atoms with van der Waals surface area (Å²) in [4.78, 5) is 3.40. The number of aliphatic imine (C=N–C) groups is 1. The summed E-state index contributed by atoms with van der Waals surface area (Å²) in [6.07, 6.45) is -4.05. The topological polar surface area (TPSA) is 12.4 Å². The van der Waals surface area contributed by atoms with Crippen molar-refractivity contribution >= 4 is 6.21 Å². The SMILES string of the molecule is C=C(C=NC)CC(F)(F)F. The fourth-order valence-electron chi connectivity index (χ4n) is 0.486. The lowest BCUT2D eigenvalue weighted by Gasteiger charge is -2.03. The summed E-state index contributed by atoms with van der Waals surface area (Å²) >= 11 is 0. The zero-order valence-electron chi connectivity index (χ0n) is 5.57. The zero-order valence-corrected chi connectivity index (χ0v) is 5.57. The van der Waals surface area contributed by atoms with E-state index in [2.05, 4.69) is 11.6 Å². The van der Waals surface area contributed by atoms with Gasteiger partial charge in [0.05, 0.1) is 6.42 Å². The molecule has 1 nitrogen and oxygen atoms in total. The summed E-state index contributed by atoms with van der Waals surface area (Å²) in [5.74, 6) is 0. The second-order valence-electron chi connectivity index (χ2n) is 1.84. The van der Waals surface area contributed by atoms with Gasteiger partial charge in [0.15, 0.2) is 0 Å². The first-order valence-corrected chi connectivity index (χ1v) is 2.62. The van der Waals surface area contributed by atoms with Crippen molar-refractivity contribution in [3.63, 3.8) is 0 Å². The minimum atomic E-state index is -4.17. The monoisotopic (exact) mass is 151 g/mol. The molecular weight excluding hydrogens is 143 g/mol. The van der Waals surface area contributed by atoms with Gasteiger partial charge in [-0.2, -0.15) is 13.2 Å². The van der Waals surface area contributed by atoms with Gasteiger partial charge >= 0.3 is 6.18 Å². The Labute approximate surface area is 57.3 Å². The number of hydrogen-bond acceptors (Lipinski definition) is 1. The lowest BCUT2D eigenvalue weighted by molar-refractivity contribution is -0.125. The fourth-order valence-corrected chi connectivity index (χ4v) is 0.486. The first-order valence-electron chi connectivity index (χ1n) is 2.62. The van der Waals surface area contributed by atoms with E-state index in [0.717, 1.165) is 6.21 Å². The zero-order chi connectivity index (χ0) is 8.20. The average molecular weight is 151 g/mol. The summed E-state index contributed by atoms with van der Waals surface area (Å²) in [5, 5.41) is 0. The molecule has 10 heavy (non-hydrogen) atoms. The Kier molecular flexibility index (Phi) is 3.12. The summed E-state index contributed by atoms with van der Waals surface area (Å²) in [6, 6.07) is 0. The molecule has 0 N–H and O–H groups in total. The van der Waals surface area contributed by atoms with Crippen molar-refractivity contribution in [1.82, 2.24) is 0 Å². The lowest BCUT2D eigenvalue weighted by Crippen LogP contribution is -2.08. The lowest BCUT2D eigenvalue weighted by atomic mass is 10.2. The first-order chi connectivity index (χ1) is 4.45. The second kappa shape index (κ2) is 3.39. The molecule has 0 heterocycles. The Hall–Kier alpha value is -0.800. The smallest absolute Gasteiger partial charge is 0.296 e. The van der Waals surface area contributed by atoms with Crippen LogP contribution in [-0.4, -0.2) is 19.4 Å². The number of hydrogen-bond donors (Lipinski definition) is 0. The minimum Gasteiger partial charge on any atom is -0.296 e. The molecule has 0 fully saturated rings. The number of nitrogens with zero attached hydrogens (tertiary/aromatic N) is 1. The highest BCUT2D eigenvalue weighted by atomic mass is 19.4. The van der Waals surface area contributed by atoms with Crippen LogP contribution in [0.5, 0.6) is 0 Å². The van der Waals surface area contributed by atoms with E-state index < -0.39 is 12.6 Å². The molecule has 0 saturated carbocycles. The van der Waals surface area contributed by atoms with Crippen LogP contribution in [0, 0.1) is 0 Å². The van der Waals surface area contributed by atoms with Crippen molar-refractivity contribution in [2.75, 3.05) is 7.05 Å². The van der Waals surface area contributed by atoms with Crippen molar-refractivity contribution < 1.29 is 13.2 Å². The van der Waals surface area contributed by atoms with Gasteiger partial charge < -0.3 is 0 Å². The molecule has 0 aliphatic heterocycles. The van der Waals surface area contributed by atoms with E-state index in [9.17, 15) is 13.2 Å². The maximum atomic E-state index is 11.5. The molecular formula is C6H8F3N. The normalized spacial score (nSPS) is 12.4. The molecule has 0 spiro atoms. The molecule has 0 aliphatic rings. The maximum absolute atomic E-state index is 11.5. The number of alkyl halides is 3. The molecule has 0 aromatic heterocycles. The van der Waals surface area contributed by atoms with Crippen molar-refractivity contribution in [3.8, 4) is 0 Å². The Morgan fingerprint density at radius 2 is 2.10 bits per heavy atom. The third-order valence-electron chi connectivity index (χ3n) is 0.739. The van der Waals surface area contributed by atoms with Crippen LogP contribution >= 0.6 is 0 Å². The highest BCUT2D eigenvalue weighted by molar-refractivity contribution is 5.77. The van der Waals surface area contributed by atoms with Gasteiger partial charge in [0, 0.05) is 13.3 Å². The van der Waals surface area contributed by atoms with Gasteiger partial charge in [-0.15, -0.1) is 0 Å². The van der Waals surface area contributed by atoms with Crippen molar-refractivity contribution in [3.05, 3.63) is 12.2 Å². The van der Waals surface area contributed by atoms with Crippen LogP contribution in [0.15, 0.2) is 17.1 Å². The molecule has 0 rings (SSSR count). The predicted octanol–water partition coefficient (Wildman–Crippen LogP) is 2.20. The number of rotatable bonds is 2. The fraction of sp³-hybridized carbons (Fsp3) is 0.500. The molecule has 0 aromatic rings. The van der Waals surface area contributed by atoms with E-state index in [4.69, 9.17) is 0 Å². The summed E-state index contributed by atoms with van der Waals surface area (Å²) < 4.78 is 34.5. The maximum Gasteiger partial charge on any atom is 0.393 e. The van der Waals surface area contributed by atoms with Crippen LogP contribution in [0.2, 0.25) is 0 Å². The van der Waals surface area contributed by atoms with Crippen LogP contribution < -0.4 is 0 Å². The molecule has 0 saturated heterocycles. The van der Waals surface area contributed by atoms with Crippen LogP contribution in [0.3, 0.4) is 0 Å². The Balaban J connectivity index is 3.81. The average Bonchev–Trinajstić information content (AvgIpc) is 1.59. The molecule has 0 bridgehead atoms. The molecule has 0 amide bonds. The van der Waals surface area contributed by atoms with E-state index in [1.54, 1.807) is 0 Å². The van der Waals surface area contributed by atoms with Crippen LogP contribution in [0.4, 0.5) is 13.2 Å². The van der Waals surface area contributed by atoms with Gasteiger partial charge in [-0.3, -0.25) is 4.99 Å². The van der Waals surface area contributed by atoms with Crippen LogP contribution in [0.25, 0.3) is 0 Å². The standard InChI is InChI=1S/C6H8F3N/c1-5(4-10-2)3-6(7,8)9/h4H,1,3H2,2H3. The van der Waals surface area contributed by atoms with Gasteiger partial charge in [-0.05, 0) is 5.57 Å². The molecule has 0 unspecified atom stereocenters. The van der Waals surface area contributed by atoms with Gasteiger partial charge in [0.25, 0.3) is 0 Å². The highest BCUT2D eigenvalue weighted by Gasteiger charge is 2.27. The third kappa shape index (κ3) is 5.34. The Morgan fingerprint density at radius 1 is 1.60 bits per heavy atom. The highest BCUT2D eigenvalue weighted by Crippen LogP contribution is 2.22. The first kappa shape index (κ1) is 9.20. The van der Waals surface area contributed by atoms with Crippen LogP contribution in [0.1, 0.15) is 6.42 Å². The summed E-state index contributed by atoms with van der Waals surface area (Å²) in [6.45, 7) is 3.16. The van der Waals surface area contributed by atoms with E-state index in [1.807, 2.05) is 0 Å². The van der Waals surface area contributed by atoms with Crippen molar-refractivity contribution in [1.29, 1.82) is 0 Å². The van der Waals surface area contributed by atoms with Gasteiger partial charge in [0.1, 0.15) is 0 Å². The summed E-state index contributed by atoms with van der Waals surface area (Å²) in [7, 11) is 1.40. The van der Waals surface area contributed by atoms with E-state index in [1.165, 1.54) is 7.05 Å². The van der Waals surface area contributed by atoms with E-state index in [-0.39, 0.29) is 5.57 Å². The quantitative estimate of drug-likeness (QED) is 0.536. The van der Waals surface area contributed by atoms with Crippen LogP contribution in [-0.2, 0) is 0 Å². The molecule has 0 aliphatic carbocycles. The molecule has 4 heteroatoms. The number of allylic oxidation sites excluding steroid dienone is 1.